The molecule has 0 atom stereocenters. The summed E-state index contributed by atoms with van der Waals surface area (Å²) in [5.74, 6) is -0.853. The molecule has 3 nitrogen and oxygen atoms in total. The molecule has 0 radical (unpaired) electrons. The van der Waals surface area contributed by atoms with Crippen molar-refractivity contribution < 1.29 is 9.18 Å². The number of rotatable bonds is 3. The minimum atomic E-state index is -0.462. The smallest absolute Gasteiger partial charge is 0.248 e. The molecule has 1 amide bonds. The number of nitrogens with zero attached hydrogens (tertiary/aromatic N) is 1. The van der Waals surface area contributed by atoms with Crippen LogP contribution in [0, 0.1) is 5.82 Å². The predicted octanol–water partition coefficient (Wildman–Crippen LogP) is 4.03. The van der Waals surface area contributed by atoms with E-state index >= 15 is 0 Å². The maximum absolute atomic E-state index is 13.5. The maximum atomic E-state index is 13.5. The molecule has 0 unspecified atom stereocenters. The van der Waals surface area contributed by atoms with Crippen LogP contribution in [0.4, 0.5) is 10.1 Å². The van der Waals surface area contributed by atoms with E-state index in [1.807, 2.05) is 30.3 Å². The van der Waals surface area contributed by atoms with Gasteiger partial charge >= 0.3 is 0 Å². The molecule has 2 aromatic carbocycles. The average Bonchev–Trinajstić information content (AvgIpc) is 2.55. The maximum Gasteiger partial charge on any atom is 0.248 e. The molecule has 3 rings (SSSR count). The third-order valence-corrected chi connectivity index (χ3v) is 3.21. The van der Waals surface area contributed by atoms with Crippen LogP contribution in [0.3, 0.4) is 0 Å². The van der Waals surface area contributed by atoms with Gasteiger partial charge in [0.05, 0.1) is 11.2 Å². The van der Waals surface area contributed by atoms with Crippen LogP contribution in [-0.4, -0.2) is 10.9 Å². The number of nitrogens with one attached hydrogen (secondary N) is 1. The Hall–Kier alpha value is -3.01. The van der Waals surface area contributed by atoms with Crippen molar-refractivity contribution >= 4 is 28.6 Å². The Morgan fingerprint density at radius 1 is 1.05 bits per heavy atom. The number of para-hydroxylation sites is 2. The number of benzene rings is 2. The summed E-state index contributed by atoms with van der Waals surface area (Å²) in [5, 5.41) is 3.51. The first-order valence-electron chi connectivity index (χ1n) is 6.81. The highest BCUT2D eigenvalue weighted by atomic mass is 19.1. The Kier molecular flexibility index (Phi) is 3.92. The van der Waals surface area contributed by atoms with E-state index in [1.165, 1.54) is 18.2 Å². The largest absolute Gasteiger partial charge is 0.320 e. The van der Waals surface area contributed by atoms with Crippen LogP contribution >= 0.6 is 0 Å². The van der Waals surface area contributed by atoms with E-state index in [-0.39, 0.29) is 5.69 Å². The molecule has 0 bridgehead atoms. The van der Waals surface area contributed by atoms with Crippen molar-refractivity contribution in [3.05, 3.63) is 78.3 Å². The molecule has 0 aliphatic carbocycles. The quantitative estimate of drug-likeness (QED) is 0.741. The van der Waals surface area contributed by atoms with E-state index in [9.17, 15) is 9.18 Å². The van der Waals surface area contributed by atoms with Gasteiger partial charge in [0.15, 0.2) is 0 Å². The molecule has 0 aliphatic rings. The third kappa shape index (κ3) is 3.01. The topological polar surface area (TPSA) is 42.0 Å². The van der Waals surface area contributed by atoms with Crippen molar-refractivity contribution in [2.24, 2.45) is 0 Å². The Bertz CT molecular complexity index is 853. The van der Waals surface area contributed by atoms with Crippen LogP contribution in [0.1, 0.15) is 5.56 Å². The highest BCUT2D eigenvalue weighted by Crippen LogP contribution is 2.17. The zero-order chi connectivity index (χ0) is 15.4. The van der Waals surface area contributed by atoms with E-state index in [1.54, 1.807) is 24.4 Å². The van der Waals surface area contributed by atoms with E-state index in [0.29, 0.717) is 0 Å². The monoisotopic (exact) mass is 292 g/mol. The first kappa shape index (κ1) is 13.9. The molecule has 1 heterocycles. The van der Waals surface area contributed by atoms with Gasteiger partial charge in [-0.05, 0) is 24.3 Å². The molecule has 1 aromatic heterocycles. The van der Waals surface area contributed by atoms with Crippen molar-refractivity contribution in [1.29, 1.82) is 0 Å². The van der Waals surface area contributed by atoms with Crippen molar-refractivity contribution in [3.8, 4) is 0 Å². The van der Waals surface area contributed by atoms with Crippen molar-refractivity contribution in [2.75, 3.05) is 5.32 Å². The minimum Gasteiger partial charge on any atom is -0.320 e. The zero-order valence-electron chi connectivity index (χ0n) is 11.7. The van der Waals surface area contributed by atoms with Gasteiger partial charge in [-0.3, -0.25) is 9.78 Å². The van der Waals surface area contributed by atoms with Crippen LogP contribution in [-0.2, 0) is 4.79 Å². The summed E-state index contributed by atoms with van der Waals surface area (Å²) in [7, 11) is 0. The molecule has 0 aliphatic heterocycles. The number of hydrogen-bond donors (Lipinski definition) is 1. The molecule has 4 heteroatoms. The second-order valence-electron chi connectivity index (χ2n) is 4.72. The number of anilines is 1. The van der Waals surface area contributed by atoms with Crippen LogP contribution < -0.4 is 5.32 Å². The average molecular weight is 292 g/mol. The summed E-state index contributed by atoms with van der Waals surface area (Å²) in [6.45, 7) is 0. The Morgan fingerprint density at radius 3 is 2.73 bits per heavy atom. The first-order chi connectivity index (χ1) is 10.7. The Morgan fingerprint density at radius 2 is 1.86 bits per heavy atom. The van der Waals surface area contributed by atoms with E-state index in [2.05, 4.69) is 10.3 Å². The fourth-order valence-corrected chi connectivity index (χ4v) is 2.16. The molecule has 108 valence electrons. The van der Waals surface area contributed by atoms with Crippen LogP contribution in [0.2, 0.25) is 0 Å². The summed E-state index contributed by atoms with van der Waals surface area (Å²) in [5.41, 5.74) is 1.81. The summed E-state index contributed by atoms with van der Waals surface area (Å²) in [6, 6.07) is 15.6. The summed E-state index contributed by atoms with van der Waals surface area (Å²) in [6.07, 6.45) is 4.75. The lowest BCUT2D eigenvalue weighted by atomic mass is 10.1. The fraction of sp³-hybridized carbons (Fsp3) is 0. The van der Waals surface area contributed by atoms with E-state index in [4.69, 9.17) is 0 Å². The normalized spacial score (nSPS) is 11.0. The van der Waals surface area contributed by atoms with Gasteiger partial charge in [-0.2, -0.15) is 0 Å². The number of halogens is 1. The lowest BCUT2D eigenvalue weighted by Crippen LogP contribution is -2.09. The van der Waals surface area contributed by atoms with Crippen LogP contribution in [0.25, 0.3) is 17.0 Å². The molecule has 1 N–H and O–H groups in total. The van der Waals surface area contributed by atoms with Gasteiger partial charge in [-0.1, -0.05) is 36.4 Å². The molecular formula is C18H13FN2O. The summed E-state index contributed by atoms with van der Waals surface area (Å²) in [4.78, 5) is 16.2. The highest BCUT2D eigenvalue weighted by molar-refractivity contribution is 6.03. The molecule has 22 heavy (non-hydrogen) atoms. The van der Waals surface area contributed by atoms with Crippen LogP contribution in [0.15, 0.2) is 66.9 Å². The summed E-state index contributed by atoms with van der Waals surface area (Å²) >= 11 is 0. The molecule has 0 spiro atoms. The van der Waals surface area contributed by atoms with Crippen molar-refractivity contribution in [2.45, 2.75) is 0 Å². The van der Waals surface area contributed by atoms with Gasteiger partial charge in [-0.25, -0.2) is 4.39 Å². The third-order valence-electron chi connectivity index (χ3n) is 3.21. The SMILES string of the molecule is O=C(/C=C/c1cccc2cccnc12)Nc1ccccc1F. The lowest BCUT2D eigenvalue weighted by Gasteiger charge is -2.03. The fourth-order valence-electron chi connectivity index (χ4n) is 2.16. The Labute approximate surface area is 127 Å². The molecule has 0 saturated heterocycles. The van der Waals surface area contributed by atoms with Crippen LogP contribution in [0.5, 0.6) is 0 Å². The predicted molar refractivity (Wildman–Crippen MR) is 85.8 cm³/mol. The standard InChI is InChI=1S/C18H13FN2O/c19-15-8-1-2-9-16(15)21-17(22)11-10-14-6-3-5-13-7-4-12-20-18(13)14/h1-12H,(H,21,22)/b11-10+. The van der Waals surface area contributed by atoms with E-state index in [0.717, 1.165) is 16.5 Å². The number of carbonyl (C=O) groups excluding carboxylic acids is 1. The van der Waals surface area contributed by atoms with Gasteiger partial charge in [0.2, 0.25) is 5.91 Å². The Balaban J connectivity index is 1.81. The van der Waals surface area contributed by atoms with E-state index < -0.39 is 11.7 Å². The van der Waals surface area contributed by atoms with Gasteiger partial charge in [0, 0.05) is 23.2 Å². The number of pyridine rings is 1. The van der Waals surface area contributed by atoms with Gasteiger partial charge in [-0.15, -0.1) is 0 Å². The second-order valence-corrected chi connectivity index (χ2v) is 4.72. The second kappa shape index (κ2) is 6.18. The molecule has 0 saturated carbocycles. The number of aromatic nitrogens is 1. The van der Waals surface area contributed by atoms with Crippen molar-refractivity contribution in [1.82, 2.24) is 4.98 Å². The number of fused-ring (bicyclic) bond motifs is 1. The molecule has 0 fully saturated rings. The van der Waals surface area contributed by atoms with Gasteiger partial charge < -0.3 is 5.32 Å². The van der Waals surface area contributed by atoms with Crippen molar-refractivity contribution in [3.63, 3.8) is 0 Å². The molecular weight excluding hydrogens is 279 g/mol. The molecule has 3 aromatic rings. The number of hydrogen-bond acceptors (Lipinski definition) is 2. The first-order valence-corrected chi connectivity index (χ1v) is 6.81. The van der Waals surface area contributed by atoms with Gasteiger partial charge in [0.1, 0.15) is 5.82 Å². The summed E-state index contributed by atoms with van der Waals surface area (Å²) < 4.78 is 13.5. The van der Waals surface area contributed by atoms with Gasteiger partial charge in [0.25, 0.3) is 0 Å². The zero-order valence-corrected chi connectivity index (χ0v) is 11.7. The number of carbonyl (C=O) groups is 1. The highest BCUT2D eigenvalue weighted by Gasteiger charge is 2.04. The number of amides is 1. The minimum absolute atomic E-state index is 0.160. The lowest BCUT2D eigenvalue weighted by molar-refractivity contribution is -0.111.